The minimum absolute atomic E-state index is 0.274. The highest BCUT2D eigenvalue weighted by atomic mass is 32.2. The van der Waals surface area contributed by atoms with Crippen LogP contribution < -0.4 is 0 Å². The van der Waals surface area contributed by atoms with Gasteiger partial charge in [0.25, 0.3) is 0 Å². The normalized spacial score (nSPS) is 11.9. The van der Waals surface area contributed by atoms with Gasteiger partial charge in [0, 0.05) is 31.5 Å². The quantitative estimate of drug-likeness (QED) is 0.481. The molecule has 0 aliphatic carbocycles. The summed E-state index contributed by atoms with van der Waals surface area (Å²) in [6.45, 7) is 8.75. The van der Waals surface area contributed by atoms with Crippen molar-refractivity contribution in [3.05, 3.63) is 59.2 Å². The SMILES string of the molecule is CCN(CC)S(=O)(=O)c1cccc(-c2nnc(SCc3cc(C)ccc3C)n2C)c1. The second kappa shape index (κ2) is 9.32. The fourth-order valence-electron chi connectivity index (χ4n) is 3.30. The van der Waals surface area contributed by atoms with Crippen LogP contribution in [-0.4, -0.2) is 40.6 Å². The lowest BCUT2D eigenvalue weighted by atomic mass is 10.1. The van der Waals surface area contributed by atoms with Gasteiger partial charge >= 0.3 is 0 Å². The Kier molecular flexibility index (Phi) is 7.00. The molecule has 0 unspecified atom stereocenters. The Bertz CT molecular complexity index is 1140. The first kappa shape index (κ1) is 22.5. The third kappa shape index (κ3) is 4.61. The molecule has 30 heavy (non-hydrogen) atoms. The number of nitrogens with zero attached hydrogens (tertiary/aromatic N) is 4. The number of sulfonamides is 1. The monoisotopic (exact) mass is 444 g/mol. The third-order valence-electron chi connectivity index (χ3n) is 5.13. The molecule has 0 amide bonds. The zero-order chi connectivity index (χ0) is 21.9. The number of thioether (sulfide) groups is 1. The van der Waals surface area contributed by atoms with E-state index in [9.17, 15) is 8.42 Å². The third-order valence-corrected chi connectivity index (χ3v) is 8.25. The molecule has 0 saturated heterocycles. The smallest absolute Gasteiger partial charge is 0.243 e. The van der Waals surface area contributed by atoms with Gasteiger partial charge in [0.1, 0.15) is 0 Å². The lowest BCUT2D eigenvalue weighted by Crippen LogP contribution is -2.30. The van der Waals surface area contributed by atoms with Crippen LogP contribution in [0.1, 0.15) is 30.5 Å². The largest absolute Gasteiger partial charge is 0.305 e. The Morgan fingerprint density at radius 2 is 1.77 bits per heavy atom. The number of rotatable bonds is 8. The van der Waals surface area contributed by atoms with E-state index in [2.05, 4.69) is 42.2 Å². The Balaban J connectivity index is 1.86. The molecular formula is C22H28N4O2S2. The number of hydrogen-bond acceptors (Lipinski definition) is 5. The highest BCUT2D eigenvalue weighted by molar-refractivity contribution is 7.98. The highest BCUT2D eigenvalue weighted by Gasteiger charge is 2.22. The molecule has 0 atom stereocenters. The van der Waals surface area contributed by atoms with E-state index in [4.69, 9.17) is 0 Å². The summed E-state index contributed by atoms with van der Waals surface area (Å²) in [6, 6.07) is 13.4. The zero-order valence-corrected chi connectivity index (χ0v) is 19.7. The van der Waals surface area contributed by atoms with Crippen molar-refractivity contribution in [2.45, 2.75) is 43.5 Å². The molecule has 3 rings (SSSR count). The molecule has 1 heterocycles. The van der Waals surface area contributed by atoms with E-state index in [0.717, 1.165) is 16.5 Å². The molecule has 0 aliphatic rings. The molecule has 0 radical (unpaired) electrons. The van der Waals surface area contributed by atoms with Crippen LogP contribution in [0, 0.1) is 13.8 Å². The van der Waals surface area contributed by atoms with E-state index < -0.39 is 10.0 Å². The van der Waals surface area contributed by atoms with Gasteiger partial charge in [0.05, 0.1) is 4.90 Å². The molecule has 0 spiro atoms. The summed E-state index contributed by atoms with van der Waals surface area (Å²) in [5.74, 6) is 1.45. The van der Waals surface area contributed by atoms with Gasteiger partial charge in [-0.3, -0.25) is 0 Å². The maximum absolute atomic E-state index is 12.9. The van der Waals surface area contributed by atoms with Gasteiger partial charge < -0.3 is 4.57 Å². The summed E-state index contributed by atoms with van der Waals surface area (Å²) in [4.78, 5) is 0.274. The topological polar surface area (TPSA) is 68.1 Å². The molecule has 1 aromatic heterocycles. The van der Waals surface area contributed by atoms with Crippen LogP contribution in [0.2, 0.25) is 0 Å². The fraction of sp³-hybridized carbons (Fsp3) is 0.364. The van der Waals surface area contributed by atoms with E-state index >= 15 is 0 Å². The van der Waals surface area contributed by atoms with Crippen molar-refractivity contribution >= 4 is 21.8 Å². The van der Waals surface area contributed by atoms with Crippen LogP contribution in [-0.2, 0) is 22.8 Å². The summed E-state index contributed by atoms with van der Waals surface area (Å²) >= 11 is 1.62. The van der Waals surface area contributed by atoms with Gasteiger partial charge in [0.2, 0.25) is 10.0 Å². The van der Waals surface area contributed by atoms with Crippen LogP contribution in [0.3, 0.4) is 0 Å². The molecule has 0 bridgehead atoms. The Morgan fingerprint density at radius 3 is 2.47 bits per heavy atom. The predicted octanol–water partition coefficient (Wildman–Crippen LogP) is 4.42. The molecule has 8 heteroatoms. The number of aromatic nitrogens is 3. The summed E-state index contributed by atoms with van der Waals surface area (Å²) in [5.41, 5.74) is 4.50. The van der Waals surface area contributed by atoms with Crippen molar-refractivity contribution in [3.63, 3.8) is 0 Å². The maximum atomic E-state index is 12.9. The van der Waals surface area contributed by atoms with Gasteiger partial charge in [-0.25, -0.2) is 8.42 Å². The maximum Gasteiger partial charge on any atom is 0.243 e. The van der Waals surface area contributed by atoms with E-state index in [1.54, 1.807) is 30.0 Å². The summed E-state index contributed by atoms with van der Waals surface area (Å²) in [5, 5.41) is 9.46. The average Bonchev–Trinajstić information content (AvgIpc) is 3.10. The van der Waals surface area contributed by atoms with Gasteiger partial charge in [-0.15, -0.1) is 10.2 Å². The lowest BCUT2D eigenvalue weighted by molar-refractivity contribution is 0.445. The van der Waals surface area contributed by atoms with Gasteiger partial charge in [0.15, 0.2) is 11.0 Å². The number of hydrogen-bond donors (Lipinski definition) is 0. The highest BCUT2D eigenvalue weighted by Crippen LogP contribution is 2.28. The lowest BCUT2D eigenvalue weighted by Gasteiger charge is -2.18. The van der Waals surface area contributed by atoms with E-state index in [-0.39, 0.29) is 4.90 Å². The minimum Gasteiger partial charge on any atom is -0.305 e. The molecular weight excluding hydrogens is 416 g/mol. The van der Waals surface area contributed by atoms with Crippen molar-refractivity contribution in [2.75, 3.05) is 13.1 Å². The first-order valence-electron chi connectivity index (χ1n) is 9.96. The van der Waals surface area contributed by atoms with Crippen molar-refractivity contribution in [1.29, 1.82) is 0 Å². The zero-order valence-electron chi connectivity index (χ0n) is 18.1. The molecule has 6 nitrogen and oxygen atoms in total. The van der Waals surface area contributed by atoms with E-state index in [1.165, 1.54) is 21.0 Å². The van der Waals surface area contributed by atoms with Gasteiger partial charge in [-0.05, 0) is 37.1 Å². The van der Waals surface area contributed by atoms with Crippen LogP contribution in [0.5, 0.6) is 0 Å². The van der Waals surface area contributed by atoms with Crippen LogP contribution in [0.25, 0.3) is 11.4 Å². The van der Waals surface area contributed by atoms with Crippen LogP contribution in [0.4, 0.5) is 0 Å². The van der Waals surface area contributed by atoms with Gasteiger partial charge in [-0.1, -0.05) is 61.5 Å². The average molecular weight is 445 g/mol. The standard InChI is InChI=1S/C22H28N4O2S2/c1-6-26(7-2)30(27,28)20-10-8-9-18(14-20)21-23-24-22(25(21)5)29-15-19-13-16(3)11-12-17(19)4/h8-14H,6-7,15H2,1-5H3. The first-order chi connectivity index (χ1) is 14.3. The summed E-state index contributed by atoms with van der Waals surface area (Å²) < 4.78 is 29.1. The molecule has 0 saturated carbocycles. The minimum atomic E-state index is -3.52. The Hall–Kier alpha value is -2.16. The second-order valence-electron chi connectivity index (χ2n) is 7.20. The Morgan fingerprint density at radius 1 is 1.03 bits per heavy atom. The van der Waals surface area contributed by atoms with Crippen molar-refractivity contribution in [1.82, 2.24) is 19.1 Å². The molecule has 160 valence electrons. The Labute approximate surface area is 183 Å². The van der Waals surface area contributed by atoms with Crippen molar-refractivity contribution in [2.24, 2.45) is 7.05 Å². The van der Waals surface area contributed by atoms with Crippen molar-refractivity contribution < 1.29 is 8.42 Å². The number of aryl methyl sites for hydroxylation is 2. The van der Waals surface area contributed by atoms with Crippen LogP contribution >= 0.6 is 11.8 Å². The molecule has 0 fully saturated rings. The first-order valence-corrected chi connectivity index (χ1v) is 12.4. The van der Waals surface area contributed by atoms with E-state index in [0.29, 0.717) is 18.9 Å². The molecule has 2 aromatic carbocycles. The predicted molar refractivity (Wildman–Crippen MR) is 122 cm³/mol. The molecule has 0 N–H and O–H groups in total. The summed E-state index contributed by atoms with van der Waals surface area (Å²) in [6.07, 6.45) is 0. The number of benzene rings is 2. The second-order valence-corrected chi connectivity index (χ2v) is 10.1. The fourth-order valence-corrected chi connectivity index (χ4v) is 5.78. The van der Waals surface area contributed by atoms with Crippen molar-refractivity contribution in [3.8, 4) is 11.4 Å². The molecule has 3 aromatic rings. The van der Waals surface area contributed by atoms with E-state index in [1.807, 2.05) is 31.5 Å². The molecule has 0 aliphatic heterocycles. The van der Waals surface area contributed by atoms with Gasteiger partial charge in [-0.2, -0.15) is 4.31 Å². The summed E-state index contributed by atoms with van der Waals surface area (Å²) in [7, 11) is -1.61. The van der Waals surface area contributed by atoms with Crippen LogP contribution in [0.15, 0.2) is 52.5 Å².